The summed E-state index contributed by atoms with van der Waals surface area (Å²) in [6, 6.07) is 4.16. The molecule has 4 heteroatoms. The molecule has 0 atom stereocenters. The molecule has 76 valence electrons. The Balaban J connectivity index is 2.45. The second-order valence-electron chi connectivity index (χ2n) is 3.40. The van der Waals surface area contributed by atoms with Crippen LogP contribution in [0.15, 0.2) is 18.2 Å². The molecular formula is C10H11F2NO. The molecule has 0 saturated carbocycles. The van der Waals surface area contributed by atoms with Gasteiger partial charge < -0.3 is 10.1 Å². The first kappa shape index (κ1) is 9.55. The number of halogens is 2. The summed E-state index contributed by atoms with van der Waals surface area (Å²) in [6.45, 7) is 1.04. The van der Waals surface area contributed by atoms with Crippen molar-refractivity contribution >= 4 is 0 Å². The second-order valence-corrected chi connectivity index (χ2v) is 3.40. The molecule has 2 rings (SSSR count). The van der Waals surface area contributed by atoms with Gasteiger partial charge in [0, 0.05) is 25.8 Å². The van der Waals surface area contributed by atoms with Gasteiger partial charge in [-0.25, -0.2) is 8.78 Å². The fraction of sp³-hybridized carbons (Fsp3) is 0.400. The van der Waals surface area contributed by atoms with Crippen molar-refractivity contribution in [1.29, 1.82) is 0 Å². The Morgan fingerprint density at radius 3 is 2.57 bits per heavy atom. The number of hydrogen-bond acceptors (Lipinski definition) is 2. The lowest BCUT2D eigenvalue weighted by Crippen LogP contribution is -2.58. The Morgan fingerprint density at radius 1 is 1.36 bits per heavy atom. The molecule has 1 heterocycles. The van der Waals surface area contributed by atoms with Gasteiger partial charge in [-0.05, 0) is 6.07 Å². The van der Waals surface area contributed by atoms with Gasteiger partial charge in [0.1, 0.15) is 5.60 Å². The highest BCUT2D eigenvalue weighted by atomic mass is 19.2. The van der Waals surface area contributed by atoms with Crippen LogP contribution in [0.1, 0.15) is 5.56 Å². The molecule has 1 saturated heterocycles. The van der Waals surface area contributed by atoms with E-state index in [1.54, 1.807) is 6.07 Å². The van der Waals surface area contributed by atoms with Gasteiger partial charge in [0.25, 0.3) is 0 Å². The lowest BCUT2D eigenvalue weighted by molar-refractivity contribution is -0.0593. The van der Waals surface area contributed by atoms with Crippen LogP contribution in [0.4, 0.5) is 8.78 Å². The average molecular weight is 199 g/mol. The molecule has 0 amide bonds. The summed E-state index contributed by atoms with van der Waals surface area (Å²) in [6.07, 6.45) is 0. The van der Waals surface area contributed by atoms with E-state index in [-0.39, 0.29) is 0 Å². The predicted molar refractivity (Wildman–Crippen MR) is 47.9 cm³/mol. The molecule has 0 aromatic heterocycles. The van der Waals surface area contributed by atoms with Crippen LogP contribution in [-0.4, -0.2) is 20.2 Å². The van der Waals surface area contributed by atoms with Gasteiger partial charge in [0.05, 0.1) is 0 Å². The van der Waals surface area contributed by atoms with Crippen molar-refractivity contribution in [3.05, 3.63) is 35.4 Å². The van der Waals surface area contributed by atoms with Gasteiger partial charge in [0.15, 0.2) is 11.6 Å². The topological polar surface area (TPSA) is 21.3 Å². The molecular weight excluding hydrogens is 188 g/mol. The summed E-state index contributed by atoms with van der Waals surface area (Å²) in [5.41, 5.74) is -0.398. The molecule has 0 bridgehead atoms. The van der Waals surface area contributed by atoms with Gasteiger partial charge in [-0.3, -0.25) is 0 Å². The lowest BCUT2D eigenvalue weighted by atomic mass is 9.87. The fourth-order valence-electron chi connectivity index (χ4n) is 1.65. The van der Waals surface area contributed by atoms with Gasteiger partial charge in [-0.2, -0.15) is 0 Å². The summed E-state index contributed by atoms with van der Waals surface area (Å²) in [5, 5.41) is 2.98. The van der Waals surface area contributed by atoms with Crippen molar-refractivity contribution in [1.82, 2.24) is 5.32 Å². The van der Waals surface area contributed by atoms with Crippen LogP contribution < -0.4 is 5.32 Å². The first-order valence-corrected chi connectivity index (χ1v) is 4.40. The first-order valence-electron chi connectivity index (χ1n) is 4.40. The third-order valence-electron chi connectivity index (χ3n) is 2.65. The van der Waals surface area contributed by atoms with Crippen LogP contribution in [0.25, 0.3) is 0 Å². The molecule has 0 spiro atoms. The molecule has 1 aliphatic rings. The van der Waals surface area contributed by atoms with Crippen LogP contribution >= 0.6 is 0 Å². The number of rotatable bonds is 2. The number of benzene rings is 1. The summed E-state index contributed by atoms with van der Waals surface area (Å²) in [4.78, 5) is 0. The van der Waals surface area contributed by atoms with Crippen LogP contribution in [0.3, 0.4) is 0 Å². The fourth-order valence-corrected chi connectivity index (χ4v) is 1.65. The smallest absolute Gasteiger partial charge is 0.165 e. The van der Waals surface area contributed by atoms with Gasteiger partial charge in [-0.15, -0.1) is 0 Å². The summed E-state index contributed by atoms with van der Waals surface area (Å²) in [5.74, 6) is -1.64. The third-order valence-corrected chi connectivity index (χ3v) is 2.65. The Hall–Kier alpha value is -1.00. The highest BCUT2D eigenvalue weighted by molar-refractivity contribution is 5.29. The predicted octanol–water partition coefficient (Wildman–Crippen LogP) is 1.41. The van der Waals surface area contributed by atoms with Crippen molar-refractivity contribution in [2.24, 2.45) is 0 Å². The van der Waals surface area contributed by atoms with Crippen molar-refractivity contribution in [2.75, 3.05) is 20.2 Å². The Bertz CT molecular complexity index is 344. The molecule has 1 N–H and O–H groups in total. The molecule has 1 fully saturated rings. The lowest BCUT2D eigenvalue weighted by Gasteiger charge is -2.41. The molecule has 2 nitrogen and oxygen atoms in total. The maximum absolute atomic E-state index is 13.4. The highest BCUT2D eigenvalue weighted by Gasteiger charge is 2.41. The third kappa shape index (κ3) is 1.22. The van der Waals surface area contributed by atoms with E-state index in [0.29, 0.717) is 18.7 Å². The SMILES string of the molecule is COC1(c2cccc(F)c2F)CNC1. The Labute approximate surface area is 80.9 Å². The summed E-state index contributed by atoms with van der Waals surface area (Å²) in [7, 11) is 1.51. The van der Waals surface area contributed by atoms with Crippen molar-refractivity contribution < 1.29 is 13.5 Å². The monoisotopic (exact) mass is 199 g/mol. The minimum absolute atomic E-state index is 0.291. The van der Waals surface area contributed by atoms with Gasteiger partial charge in [0.2, 0.25) is 0 Å². The number of ether oxygens (including phenoxy) is 1. The second kappa shape index (κ2) is 3.29. The Kier molecular flexibility index (Phi) is 2.25. The van der Waals surface area contributed by atoms with E-state index >= 15 is 0 Å². The summed E-state index contributed by atoms with van der Waals surface area (Å²) < 4.78 is 31.6. The quantitative estimate of drug-likeness (QED) is 0.777. The molecule has 1 aromatic rings. The zero-order valence-corrected chi connectivity index (χ0v) is 7.81. The molecule has 1 aromatic carbocycles. The maximum atomic E-state index is 13.4. The van der Waals surface area contributed by atoms with E-state index in [9.17, 15) is 8.78 Å². The molecule has 1 aliphatic heterocycles. The molecule has 14 heavy (non-hydrogen) atoms. The van der Waals surface area contributed by atoms with E-state index in [1.807, 2.05) is 0 Å². The van der Waals surface area contributed by atoms with E-state index in [4.69, 9.17) is 4.74 Å². The van der Waals surface area contributed by atoms with Crippen LogP contribution in [0.2, 0.25) is 0 Å². The van der Waals surface area contributed by atoms with Crippen molar-refractivity contribution in [3.8, 4) is 0 Å². The minimum Gasteiger partial charge on any atom is -0.371 e. The Morgan fingerprint density at radius 2 is 2.07 bits per heavy atom. The number of hydrogen-bond donors (Lipinski definition) is 1. The highest BCUT2D eigenvalue weighted by Crippen LogP contribution is 2.31. The van der Waals surface area contributed by atoms with E-state index in [1.165, 1.54) is 13.2 Å². The van der Waals surface area contributed by atoms with Crippen LogP contribution in [0, 0.1) is 11.6 Å². The normalized spacial score (nSPS) is 19.1. The van der Waals surface area contributed by atoms with Crippen molar-refractivity contribution in [3.63, 3.8) is 0 Å². The largest absolute Gasteiger partial charge is 0.371 e. The minimum atomic E-state index is -0.828. The van der Waals surface area contributed by atoms with E-state index < -0.39 is 17.2 Å². The maximum Gasteiger partial charge on any atom is 0.165 e. The van der Waals surface area contributed by atoms with E-state index in [0.717, 1.165) is 6.07 Å². The zero-order valence-electron chi connectivity index (χ0n) is 7.81. The van der Waals surface area contributed by atoms with Gasteiger partial charge >= 0.3 is 0 Å². The van der Waals surface area contributed by atoms with Crippen LogP contribution in [0.5, 0.6) is 0 Å². The molecule has 0 unspecified atom stereocenters. The van der Waals surface area contributed by atoms with Crippen molar-refractivity contribution in [2.45, 2.75) is 5.60 Å². The van der Waals surface area contributed by atoms with Gasteiger partial charge in [-0.1, -0.05) is 12.1 Å². The number of methoxy groups -OCH3 is 1. The summed E-state index contributed by atoms with van der Waals surface area (Å²) >= 11 is 0. The standard InChI is InChI=1S/C10H11F2NO/c1-14-10(5-13-6-10)7-3-2-4-8(11)9(7)12/h2-4,13H,5-6H2,1H3. The average Bonchev–Trinajstić information content (AvgIpc) is 2.11. The first-order chi connectivity index (χ1) is 6.69. The number of nitrogens with one attached hydrogen (secondary N) is 1. The molecule has 0 aliphatic carbocycles. The van der Waals surface area contributed by atoms with Crippen LogP contribution in [-0.2, 0) is 10.3 Å². The van der Waals surface area contributed by atoms with E-state index in [2.05, 4.69) is 5.32 Å². The molecule has 0 radical (unpaired) electrons. The zero-order chi connectivity index (χ0) is 10.2.